The standard InChI is InChI=1S/C18H21Cl2NO3/c1-11(15-8-7-14(19)10-16(15)20)21-18(23)12(2)24-17(22)9-13-5-3-4-6-13/h3,5,7-8,10-13H,4,6,9H2,1-2H3,(H,21,23)/t11-,12-,13+/m1/s1. The van der Waals surface area contributed by atoms with Gasteiger partial charge in [-0.25, -0.2) is 0 Å². The predicted molar refractivity (Wildman–Crippen MR) is 95.1 cm³/mol. The SMILES string of the molecule is C[C@@H](OC(=O)C[C@H]1C=CCC1)C(=O)N[C@H](C)c1ccc(Cl)cc1Cl. The van der Waals surface area contributed by atoms with Crippen LogP contribution in [0.5, 0.6) is 0 Å². The van der Waals surface area contributed by atoms with Crippen LogP contribution in [0.3, 0.4) is 0 Å². The van der Waals surface area contributed by atoms with Gasteiger partial charge in [-0.2, -0.15) is 0 Å². The number of ether oxygens (including phenoxy) is 1. The summed E-state index contributed by atoms with van der Waals surface area (Å²) < 4.78 is 5.22. The first-order valence-corrected chi connectivity index (χ1v) is 8.74. The van der Waals surface area contributed by atoms with Gasteiger partial charge in [0, 0.05) is 10.0 Å². The summed E-state index contributed by atoms with van der Waals surface area (Å²) in [6.45, 7) is 3.37. The zero-order valence-electron chi connectivity index (χ0n) is 13.7. The molecule has 24 heavy (non-hydrogen) atoms. The van der Waals surface area contributed by atoms with Crippen molar-refractivity contribution in [2.75, 3.05) is 0 Å². The third-order valence-corrected chi connectivity index (χ3v) is 4.57. The van der Waals surface area contributed by atoms with Crippen LogP contribution >= 0.6 is 23.2 Å². The van der Waals surface area contributed by atoms with E-state index < -0.39 is 6.10 Å². The zero-order chi connectivity index (χ0) is 17.7. The van der Waals surface area contributed by atoms with E-state index in [4.69, 9.17) is 27.9 Å². The van der Waals surface area contributed by atoms with Gasteiger partial charge in [-0.05, 0) is 50.3 Å². The highest BCUT2D eigenvalue weighted by Gasteiger charge is 2.22. The average molecular weight is 370 g/mol. The Hall–Kier alpha value is -1.52. The molecule has 0 spiro atoms. The van der Waals surface area contributed by atoms with Crippen LogP contribution < -0.4 is 5.32 Å². The van der Waals surface area contributed by atoms with Crippen LogP contribution in [0.15, 0.2) is 30.4 Å². The van der Waals surface area contributed by atoms with Crippen LogP contribution in [-0.4, -0.2) is 18.0 Å². The maximum Gasteiger partial charge on any atom is 0.307 e. The lowest BCUT2D eigenvalue weighted by atomic mass is 10.1. The second-order valence-corrected chi connectivity index (χ2v) is 6.84. The largest absolute Gasteiger partial charge is 0.453 e. The molecule has 1 N–H and O–H groups in total. The molecule has 0 aliphatic heterocycles. The third-order valence-electron chi connectivity index (χ3n) is 4.01. The summed E-state index contributed by atoms with van der Waals surface area (Å²) in [7, 11) is 0. The number of amides is 1. The summed E-state index contributed by atoms with van der Waals surface area (Å²) in [6.07, 6.45) is 5.50. The zero-order valence-corrected chi connectivity index (χ0v) is 15.2. The Balaban J connectivity index is 1.86. The van der Waals surface area contributed by atoms with Gasteiger partial charge >= 0.3 is 5.97 Å². The third kappa shape index (κ3) is 5.25. The van der Waals surface area contributed by atoms with E-state index in [0.717, 1.165) is 18.4 Å². The Labute approximate surface area is 152 Å². The molecule has 6 heteroatoms. The van der Waals surface area contributed by atoms with Crippen molar-refractivity contribution in [1.82, 2.24) is 5.32 Å². The van der Waals surface area contributed by atoms with Crippen molar-refractivity contribution in [2.24, 2.45) is 5.92 Å². The van der Waals surface area contributed by atoms with Crippen molar-refractivity contribution < 1.29 is 14.3 Å². The highest BCUT2D eigenvalue weighted by molar-refractivity contribution is 6.35. The summed E-state index contributed by atoms with van der Waals surface area (Å²) in [4.78, 5) is 24.1. The van der Waals surface area contributed by atoms with Gasteiger partial charge in [0.1, 0.15) is 0 Å². The second-order valence-electron chi connectivity index (χ2n) is 6.00. The second kappa shape index (κ2) is 8.54. The van der Waals surface area contributed by atoms with Crippen LogP contribution in [0.2, 0.25) is 10.0 Å². The van der Waals surface area contributed by atoms with Crippen molar-refractivity contribution in [3.8, 4) is 0 Å². The molecule has 0 unspecified atom stereocenters. The summed E-state index contributed by atoms with van der Waals surface area (Å²) >= 11 is 12.0. The number of carbonyl (C=O) groups excluding carboxylic acids is 2. The lowest BCUT2D eigenvalue weighted by Crippen LogP contribution is -2.37. The first-order chi connectivity index (χ1) is 11.4. The van der Waals surface area contributed by atoms with Gasteiger partial charge < -0.3 is 10.1 Å². The van der Waals surface area contributed by atoms with Gasteiger partial charge in [0.2, 0.25) is 0 Å². The first kappa shape index (κ1) is 18.8. The fourth-order valence-corrected chi connectivity index (χ4v) is 3.21. The molecule has 1 aromatic rings. The fraction of sp³-hybridized carbons (Fsp3) is 0.444. The Morgan fingerprint density at radius 3 is 2.71 bits per heavy atom. The molecule has 1 aliphatic rings. The molecule has 0 saturated carbocycles. The molecular weight excluding hydrogens is 349 g/mol. The quantitative estimate of drug-likeness (QED) is 0.594. The van der Waals surface area contributed by atoms with Crippen molar-refractivity contribution in [3.63, 3.8) is 0 Å². The Bertz CT molecular complexity index is 645. The number of halogens is 2. The van der Waals surface area contributed by atoms with Crippen LogP contribution in [0.25, 0.3) is 0 Å². The Kier molecular flexibility index (Phi) is 6.69. The number of esters is 1. The van der Waals surface area contributed by atoms with Crippen molar-refractivity contribution >= 4 is 35.1 Å². The van der Waals surface area contributed by atoms with Gasteiger partial charge in [0.05, 0.1) is 12.5 Å². The van der Waals surface area contributed by atoms with Crippen molar-refractivity contribution in [3.05, 3.63) is 46.0 Å². The van der Waals surface area contributed by atoms with Gasteiger partial charge in [0.15, 0.2) is 6.10 Å². The first-order valence-electron chi connectivity index (χ1n) is 7.98. The van der Waals surface area contributed by atoms with E-state index in [0.29, 0.717) is 16.5 Å². The number of carbonyl (C=O) groups is 2. The number of rotatable bonds is 6. The number of hydrogen-bond donors (Lipinski definition) is 1. The molecule has 1 amide bonds. The van der Waals surface area contributed by atoms with Crippen LogP contribution in [0, 0.1) is 5.92 Å². The maximum atomic E-state index is 12.2. The average Bonchev–Trinajstić information content (AvgIpc) is 2.99. The van der Waals surface area contributed by atoms with E-state index in [9.17, 15) is 9.59 Å². The van der Waals surface area contributed by atoms with E-state index in [1.165, 1.54) is 0 Å². The van der Waals surface area contributed by atoms with Gasteiger partial charge in [-0.3, -0.25) is 9.59 Å². The lowest BCUT2D eigenvalue weighted by Gasteiger charge is -2.19. The molecule has 0 radical (unpaired) electrons. The number of allylic oxidation sites excluding steroid dienone is 2. The normalized spacial score (nSPS) is 18.9. The van der Waals surface area contributed by atoms with E-state index in [1.54, 1.807) is 25.1 Å². The Morgan fingerprint density at radius 2 is 2.08 bits per heavy atom. The Morgan fingerprint density at radius 1 is 1.33 bits per heavy atom. The van der Waals surface area contributed by atoms with Gasteiger partial charge in [-0.15, -0.1) is 0 Å². The molecule has 130 valence electrons. The lowest BCUT2D eigenvalue weighted by molar-refractivity contribution is -0.155. The van der Waals surface area contributed by atoms with Crippen LogP contribution in [-0.2, 0) is 14.3 Å². The topological polar surface area (TPSA) is 55.4 Å². The summed E-state index contributed by atoms with van der Waals surface area (Å²) in [6, 6.07) is 4.78. The number of hydrogen-bond acceptors (Lipinski definition) is 3. The van der Waals surface area contributed by atoms with E-state index >= 15 is 0 Å². The molecule has 4 nitrogen and oxygen atoms in total. The highest BCUT2D eigenvalue weighted by atomic mass is 35.5. The van der Waals surface area contributed by atoms with Crippen molar-refractivity contribution in [1.29, 1.82) is 0 Å². The molecule has 0 aromatic heterocycles. The summed E-state index contributed by atoms with van der Waals surface area (Å²) in [5.74, 6) is -0.491. The van der Waals surface area contributed by atoms with Crippen LogP contribution in [0.1, 0.15) is 44.7 Å². The molecule has 1 aliphatic carbocycles. The van der Waals surface area contributed by atoms with E-state index in [-0.39, 0.29) is 23.8 Å². The van der Waals surface area contributed by atoms with E-state index in [1.807, 2.05) is 13.0 Å². The monoisotopic (exact) mass is 369 g/mol. The molecule has 2 rings (SSSR count). The maximum absolute atomic E-state index is 12.2. The molecular formula is C18H21Cl2NO3. The number of benzene rings is 1. The number of nitrogens with one attached hydrogen (secondary N) is 1. The predicted octanol–water partition coefficient (Wildman–Crippen LogP) is 4.46. The minimum atomic E-state index is -0.851. The minimum Gasteiger partial charge on any atom is -0.453 e. The molecule has 0 heterocycles. The summed E-state index contributed by atoms with van der Waals surface area (Å²) in [5.41, 5.74) is 0.754. The molecule has 0 fully saturated rings. The van der Waals surface area contributed by atoms with Crippen molar-refractivity contribution in [2.45, 2.75) is 45.3 Å². The van der Waals surface area contributed by atoms with Crippen LogP contribution in [0.4, 0.5) is 0 Å². The molecule has 1 aromatic carbocycles. The smallest absolute Gasteiger partial charge is 0.307 e. The molecule has 0 saturated heterocycles. The van der Waals surface area contributed by atoms with E-state index in [2.05, 4.69) is 11.4 Å². The van der Waals surface area contributed by atoms with Gasteiger partial charge in [0.25, 0.3) is 5.91 Å². The summed E-state index contributed by atoms with van der Waals surface area (Å²) in [5, 5.41) is 3.81. The minimum absolute atomic E-state index is 0.222. The van der Waals surface area contributed by atoms with Gasteiger partial charge in [-0.1, -0.05) is 41.4 Å². The molecule has 0 bridgehead atoms. The molecule has 3 atom stereocenters. The highest BCUT2D eigenvalue weighted by Crippen LogP contribution is 2.26. The fourth-order valence-electron chi connectivity index (χ4n) is 2.64.